The van der Waals surface area contributed by atoms with Crippen molar-refractivity contribution in [3.8, 4) is 0 Å². The Morgan fingerprint density at radius 2 is 0.947 bits per heavy atom. The van der Waals surface area contributed by atoms with Gasteiger partial charge in [-0.15, -0.1) is 0 Å². The van der Waals surface area contributed by atoms with Crippen molar-refractivity contribution < 1.29 is 17.6 Å². The van der Waals surface area contributed by atoms with Crippen LogP contribution in [0.3, 0.4) is 0 Å². The van der Waals surface area contributed by atoms with Gasteiger partial charge in [0.2, 0.25) is 0 Å². The molecule has 0 unspecified atom stereocenters. The molecule has 100 valence electrons. The minimum atomic E-state index is -1.41. The van der Waals surface area contributed by atoms with Crippen LogP contribution in [-0.2, 0) is 5.54 Å². The topological polar surface area (TPSA) is 26.0 Å². The van der Waals surface area contributed by atoms with Crippen molar-refractivity contribution >= 4 is 0 Å². The van der Waals surface area contributed by atoms with Gasteiger partial charge in [-0.25, -0.2) is 17.6 Å². The van der Waals surface area contributed by atoms with Crippen molar-refractivity contribution in [2.45, 2.75) is 12.5 Å². The molecular formula is C14H11F4N. The fourth-order valence-electron chi connectivity index (χ4n) is 1.87. The Labute approximate surface area is 107 Å². The molecule has 0 aliphatic carbocycles. The zero-order valence-electron chi connectivity index (χ0n) is 10.1. The molecule has 0 heterocycles. The first kappa shape index (κ1) is 13.5. The second kappa shape index (κ2) is 4.66. The highest BCUT2D eigenvalue weighted by Crippen LogP contribution is 2.28. The highest BCUT2D eigenvalue weighted by atomic mass is 19.1. The molecule has 5 heteroatoms. The molecule has 0 spiro atoms. The fourth-order valence-corrected chi connectivity index (χ4v) is 1.87. The Hall–Kier alpha value is -1.88. The summed E-state index contributed by atoms with van der Waals surface area (Å²) in [4.78, 5) is 0. The van der Waals surface area contributed by atoms with E-state index in [1.807, 2.05) is 0 Å². The van der Waals surface area contributed by atoms with E-state index in [1.54, 1.807) is 0 Å². The first-order chi connectivity index (χ1) is 8.79. The molecule has 2 aromatic carbocycles. The molecule has 0 aliphatic heterocycles. The number of rotatable bonds is 2. The molecule has 0 atom stereocenters. The Morgan fingerprint density at radius 3 is 1.21 bits per heavy atom. The first-order valence-corrected chi connectivity index (χ1v) is 5.51. The van der Waals surface area contributed by atoms with E-state index >= 15 is 0 Å². The standard InChI is InChI=1S/C14H11F4N/c1-14(19,8-2-10(15)6-11(16)3-8)9-4-12(17)7-13(18)5-9/h2-7H,19H2,1H3. The third-order valence-corrected chi connectivity index (χ3v) is 2.92. The largest absolute Gasteiger partial charge is 0.318 e. The van der Waals surface area contributed by atoms with Crippen LogP contribution in [0, 0.1) is 23.3 Å². The SMILES string of the molecule is CC(N)(c1cc(F)cc(F)c1)c1cc(F)cc(F)c1. The summed E-state index contributed by atoms with van der Waals surface area (Å²) in [6.07, 6.45) is 0. The maximum absolute atomic E-state index is 13.2. The summed E-state index contributed by atoms with van der Waals surface area (Å²) < 4.78 is 52.8. The number of nitrogens with two attached hydrogens (primary N) is 1. The van der Waals surface area contributed by atoms with Gasteiger partial charge in [-0.3, -0.25) is 0 Å². The van der Waals surface area contributed by atoms with E-state index in [4.69, 9.17) is 5.73 Å². The number of benzene rings is 2. The first-order valence-electron chi connectivity index (χ1n) is 5.51. The van der Waals surface area contributed by atoms with Gasteiger partial charge >= 0.3 is 0 Å². The number of hydrogen-bond acceptors (Lipinski definition) is 1. The number of hydrogen-bond donors (Lipinski definition) is 1. The average molecular weight is 269 g/mol. The van der Waals surface area contributed by atoms with Gasteiger partial charge in [0.25, 0.3) is 0 Å². The maximum atomic E-state index is 13.2. The summed E-state index contributed by atoms with van der Waals surface area (Å²) in [5, 5.41) is 0. The molecule has 0 fully saturated rings. The van der Waals surface area contributed by atoms with Crippen LogP contribution < -0.4 is 5.73 Å². The average Bonchev–Trinajstić information content (AvgIpc) is 2.26. The van der Waals surface area contributed by atoms with E-state index in [-0.39, 0.29) is 11.1 Å². The van der Waals surface area contributed by atoms with Crippen LogP contribution >= 0.6 is 0 Å². The quantitative estimate of drug-likeness (QED) is 0.830. The molecule has 19 heavy (non-hydrogen) atoms. The molecule has 0 saturated heterocycles. The van der Waals surface area contributed by atoms with Gasteiger partial charge in [-0.05, 0) is 42.3 Å². The minimum Gasteiger partial charge on any atom is -0.318 e. The van der Waals surface area contributed by atoms with Crippen LogP contribution in [0.15, 0.2) is 36.4 Å². The van der Waals surface area contributed by atoms with Gasteiger partial charge in [0.05, 0.1) is 5.54 Å². The third kappa shape index (κ3) is 2.76. The lowest BCUT2D eigenvalue weighted by Gasteiger charge is -2.26. The molecule has 1 nitrogen and oxygen atoms in total. The normalized spacial score (nSPS) is 11.7. The highest BCUT2D eigenvalue weighted by Gasteiger charge is 2.26. The van der Waals surface area contributed by atoms with Crippen LogP contribution in [0.1, 0.15) is 18.1 Å². The molecule has 0 amide bonds. The molecule has 0 saturated carbocycles. The Balaban J connectivity index is 2.57. The van der Waals surface area contributed by atoms with Crippen LogP contribution in [0.5, 0.6) is 0 Å². The van der Waals surface area contributed by atoms with Crippen LogP contribution in [0.2, 0.25) is 0 Å². The third-order valence-electron chi connectivity index (χ3n) is 2.92. The summed E-state index contributed by atoms with van der Waals surface area (Å²) in [5.74, 6) is -3.21. The summed E-state index contributed by atoms with van der Waals surface area (Å²) in [5.41, 5.74) is 4.74. The summed E-state index contributed by atoms with van der Waals surface area (Å²) in [6, 6.07) is 5.53. The second-order valence-corrected chi connectivity index (χ2v) is 4.52. The van der Waals surface area contributed by atoms with E-state index in [0.717, 1.165) is 24.3 Å². The van der Waals surface area contributed by atoms with Crippen molar-refractivity contribution in [1.82, 2.24) is 0 Å². The Morgan fingerprint density at radius 1 is 0.684 bits per heavy atom. The Bertz CT molecular complexity index is 529. The molecule has 0 bridgehead atoms. The maximum Gasteiger partial charge on any atom is 0.126 e. The van der Waals surface area contributed by atoms with Gasteiger partial charge in [-0.2, -0.15) is 0 Å². The summed E-state index contributed by atoms with van der Waals surface area (Å²) >= 11 is 0. The highest BCUT2D eigenvalue weighted by molar-refractivity contribution is 5.37. The van der Waals surface area contributed by atoms with Gasteiger partial charge in [0, 0.05) is 12.1 Å². The van der Waals surface area contributed by atoms with E-state index < -0.39 is 28.8 Å². The molecule has 2 rings (SSSR count). The molecule has 0 radical (unpaired) electrons. The van der Waals surface area contributed by atoms with Crippen molar-refractivity contribution in [3.63, 3.8) is 0 Å². The second-order valence-electron chi connectivity index (χ2n) is 4.52. The van der Waals surface area contributed by atoms with Crippen molar-refractivity contribution in [2.75, 3.05) is 0 Å². The van der Waals surface area contributed by atoms with E-state index in [2.05, 4.69) is 0 Å². The van der Waals surface area contributed by atoms with Gasteiger partial charge in [0.1, 0.15) is 23.3 Å². The summed E-state index contributed by atoms with van der Waals surface area (Å²) in [6.45, 7) is 1.43. The fraction of sp³-hybridized carbons (Fsp3) is 0.143. The van der Waals surface area contributed by atoms with Crippen LogP contribution in [-0.4, -0.2) is 0 Å². The molecule has 2 N–H and O–H groups in total. The molecular weight excluding hydrogens is 258 g/mol. The smallest absolute Gasteiger partial charge is 0.126 e. The van der Waals surface area contributed by atoms with Crippen molar-refractivity contribution in [2.24, 2.45) is 5.73 Å². The summed E-state index contributed by atoms with van der Waals surface area (Å²) in [7, 11) is 0. The van der Waals surface area contributed by atoms with E-state index in [9.17, 15) is 17.6 Å². The lowest BCUT2D eigenvalue weighted by Crippen LogP contribution is -2.34. The predicted octanol–water partition coefficient (Wildman–Crippen LogP) is 3.47. The lowest BCUT2D eigenvalue weighted by atomic mass is 9.85. The molecule has 0 aliphatic rings. The van der Waals surface area contributed by atoms with Crippen LogP contribution in [0.4, 0.5) is 17.6 Å². The zero-order valence-corrected chi connectivity index (χ0v) is 10.1. The van der Waals surface area contributed by atoms with Crippen LogP contribution in [0.25, 0.3) is 0 Å². The zero-order chi connectivity index (χ0) is 14.2. The molecule has 0 aromatic heterocycles. The van der Waals surface area contributed by atoms with E-state index in [0.29, 0.717) is 12.1 Å². The van der Waals surface area contributed by atoms with Crippen molar-refractivity contribution in [3.05, 3.63) is 70.8 Å². The monoisotopic (exact) mass is 269 g/mol. The number of halogens is 4. The van der Waals surface area contributed by atoms with Gasteiger partial charge in [-0.1, -0.05) is 0 Å². The predicted molar refractivity (Wildman–Crippen MR) is 63.4 cm³/mol. The Kier molecular flexibility index (Phi) is 3.32. The lowest BCUT2D eigenvalue weighted by molar-refractivity contribution is 0.535. The minimum absolute atomic E-state index is 0.0926. The van der Waals surface area contributed by atoms with Gasteiger partial charge in [0.15, 0.2) is 0 Å². The molecule has 2 aromatic rings. The van der Waals surface area contributed by atoms with Gasteiger partial charge < -0.3 is 5.73 Å². The van der Waals surface area contributed by atoms with Crippen molar-refractivity contribution in [1.29, 1.82) is 0 Å². The van der Waals surface area contributed by atoms with E-state index in [1.165, 1.54) is 6.92 Å².